The van der Waals surface area contributed by atoms with E-state index in [0.29, 0.717) is 25.4 Å². The third kappa shape index (κ3) is 3.19. The Balaban J connectivity index is 1.38. The molecule has 3 heterocycles. The second-order valence-corrected chi connectivity index (χ2v) is 7.72. The molecule has 1 aliphatic carbocycles. The Kier molecular flexibility index (Phi) is 4.06. The van der Waals surface area contributed by atoms with Crippen LogP contribution in [0.3, 0.4) is 0 Å². The predicted octanol–water partition coefficient (Wildman–Crippen LogP) is 1.61. The summed E-state index contributed by atoms with van der Waals surface area (Å²) in [6.07, 6.45) is 8.85. The van der Waals surface area contributed by atoms with Crippen molar-refractivity contribution in [2.24, 2.45) is 11.8 Å². The second kappa shape index (κ2) is 6.22. The maximum absolute atomic E-state index is 12.9. The summed E-state index contributed by atoms with van der Waals surface area (Å²) in [7, 11) is 0. The molecule has 0 unspecified atom stereocenters. The molecule has 3 aliphatic rings. The van der Waals surface area contributed by atoms with Gasteiger partial charge in [-0.2, -0.15) is 5.10 Å². The minimum absolute atomic E-state index is 0.144. The van der Waals surface area contributed by atoms with Gasteiger partial charge < -0.3 is 9.80 Å². The van der Waals surface area contributed by atoms with Crippen molar-refractivity contribution in [1.29, 1.82) is 0 Å². The van der Waals surface area contributed by atoms with E-state index in [1.54, 1.807) is 0 Å². The van der Waals surface area contributed by atoms with Crippen molar-refractivity contribution in [2.45, 2.75) is 45.1 Å². The van der Waals surface area contributed by atoms with Crippen LogP contribution < -0.4 is 0 Å². The lowest BCUT2D eigenvalue weighted by atomic mass is 10.0. The molecule has 4 rings (SSSR count). The lowest BCUT2D eigenvalue weighted by Crippen LogP contribution is -2.44. The molecular formula is C18H26N4O2. The molecule has 24 heavy (non-hydrogen) atoms. The minimum atomic E-state index is -0.144. The van der Waals surface area contributed by atoms with Gasteiger partial charge in [0.1, 0.15) is 0 Å². The van der Waals surface area contributed by atoms with Crippen molar-refractivity contribution < 1.29 is 9.59 Å². The van der Waals surface area contributed by atoms with Crippen molar-refractivity contribution >= 4 is 11.8 Å². The zero-order chi connectivity index (χ0) is 16.7. The Hall–Kier alpha value is -1.85. The fourth-order valence-corrected chi connectivity index (χ4v) is 3.99. The van der Waals surface area contributed by atoms with Gasteiger partial charge in [-0.25, -0.2) is 0 Å². The molecule has 1 aromatic heterocycles. The first-order valence-electron chi connectivity index (χ1n) is 9.17. The summed E-state index contributed by atoms with van der Waals surface area (Å²) in [6.45, 7) is 5.04. The number of hydrogen-bond donors (Lipinski definition) is 0. The highest BCUT2D eigenvalue weighted by Crippen LogP contribution is 2.32. The van der Waals surface area contributed by atoms with Gasteiger partial charge in [-0.3, -0.25) is 14.3 Å². The quantitative estimate of drug-likeness (QED) is 0.843. The van der Waals surface area contributed by atoms with Crippen LogP contribution in [-0.4, -0.2) is 57.6 Å². The molecule has 2 aliphatic heterocycles. The van der Waals surface area contributed by atoms with Crippen LogP contribution >= 0.6 is 0 Å². The molecule has 2 amide bonds. The Morgan fingerprint density at radius 2 is 2.12 bits per heavy atom. The number of carbonyl (C=O) groups is 2. The van der Waals surface area contributed by atoms with Gasteiger partial charge in [0.05, 0.1) is 18.2 Å². The predicted molar refractivity (Wildman–Crippen MR) is 89.2 cm³/mol. The average Bonchev–Trinajstić information content (AvgIpc) is 3.18. The Bertz CT molecular complexity index is 637. The number of hydrogen-bond acceptors (Lipinski definition) is 3. The molecule has 1 aromatic rings. The van der Waals surface area contributed by atoms with Gasteiger partial charge in [-0.1, -0.05) is 0 Å². The maximum atomic E-state index is 12.9. The summed E-state index contributed by atoms with van der Waals surface area (Å²) in [5.41, 5.74) is 1.15. The van der Waals surface area contributed by atoms with Crippen LogP contribution in [0.5, 0.6) is 0 Å². The van der Waals surface area contributed by atoms with E-state index in [1.165, 1.54) is 12.8 Å². The average molecular weight is 330 g/mol. The first-order chi connectivity index (χ1) is 11.6. The number of aromatic nitrogens is 2. The highest BCUT2D eigenvalue weighted by Gasteiger charge is 2.39. The number of carbonyl (C=O) groups excluding carboxylic acids is 2. The van der Waals surface area contributed by atoms with Crippen molar-refractivity contribution in [2.75, 3.05) is 26.2 Å². The van der Waals surface area contributed by atoms with E-state index in [1.807, 2.05) is 27.6 Å². The summed E-state index contributed by atoms with van der Waals surface area (Å²) >= 11 is 0. The number of piperidine rings is 1. The fourth-order valence-electron chi connectivity index (χ4n) is 3.99. The topological polar surface area (TPSA) is 58.4 Å². The maximum Gasteiger partial charge on any atom is 0.228 e. The van der Waals surface area contributed by atoms with Crippen LogP contribution in [0, 0.1) is 18.8 Å². The third-order valence-electron chi connectivity index (χ3n) is 5.55. The van der Waals surface area contributed by atoms with Gasteiger partial charge in [0.15, 0.2) is 0 Å². The Morgan fingerprint density at radius 1 is 1.29 bits per heavy atom. The van der Waals surface area contributed by atoms with Gasteiger partial charge in [-0.15, -0.1) is 0 Å². The summed E-state index contributed by atoms with van der Waals surface area (Å²) in [5.74, 6) is 0.867. The summed E-state index contributed by atoms with van der Waals surface area (Å²) in [5, 5.41) is 4.41. The number of nitrogens with zero attached hydrogens (tertiary/aromatic N) is 4. The van der Waals surface area contributed by atoms with E-state index in [0.717, 1.165) is 31.5 Å². The number of amides is 2. The fraction of sp³-hybridized carbons (Fsp3) is 0.722. The standard InChI is InChI=1S/C18H26N4O2/c1-13-8-19-22(9-13)16-3-2-6-20(12-16)18(24)15-7-17(23)21(11-15)10-14-4-5-14/h8-9,14-16H,2-7,10-12H2,1H3/t15-,16-/m0/s1. The normalized spacial score (nSPS) is 27.8. The molecule has 6 nitrogen and oxygen atoms in total. The molecule has 0 spiro atoms. The van der Waals surface area contributed by atoms with Gasteiger partial charge in [0, 0.05) is 38.8 Å². The van der Waals surface area contributed by atoms with E-state index in [-0.39, 0.29) is 23.8 Å². The molecule has 0 aromatic carbocycles. The highest BCUT2D eigenvalue weighted by molar-refractivity contribution is 5.89. The van der Waals surface area contributed by atoms with E-state index < -0.39 is 0 Å². The smallest absolute Gasteiger partial charge is 0.228 e. The third-order valence-corrected chi connectivity index (χ3v) is 5.55. The van der Waals surface area contributed by atoms with Crippen LogP contribution in [0.2, 0.25) is 0 Å². The summed E-state index contributed by atoms with van der Waals surface area (Å²) < 4.78 is 1.99. The molecule has 3 fully saturated rings. The minimum Gasteiger partial charge on any atom is -0.342 e. The van der Waals surface area contributed by atoms with Crippen LogP contribution in [0.25, 0.3) is 0 Å². The van der Waals surface area contributed by atoms with Gasteiger partial charge >= 0.3 is 0 Å². The lowest BCUT2D eigenvalue weighted by molar-refractivity contribution is -0.137. The van der Waals surface area contributed by atoms with Gasteiger partial charge in [0.2, 0.25) is 11.8 Å². The van der Waals surface area contributed by atoms with Crippen molar-refractivity contribution in [3.63, 3.8) is 0 Å². The molecule has 0 N–H and O–H groups in total. The highest BCUT2D eigenvalue weighted by atomic mass is 16.2. The SMILES string of the molecule is Cc1cnn([C@H]2CCCN(C(=O)[C@H]3CC(=O)N(CC4CC4)C3)C2)c1. The van der Waals surface area contributed by atoms with Crippen LogP contribution in [0.1, 0.15) is 43.7 Å². The van der Waals surface area contributed by atoms with Crippen molar-refractivity contribution in [3.05, 3.63) is 18.0 Å². The number of rotatable bonds is 4. The van der Waals surface area contributed by atoms with Crippen molar-refractivity contribution in [1.82, 2.24) is 19.6 Å². The molecule has 1 saturated carbocycles. The van der Waals surface area contributed by atoms with Crippen LogP contribution in [0.4, 0.5) is 0 Å². The van der Waals surface area contributed by atoms with Crippen LogP contribution in [0.15, 0.2) is 12.4 Å². The van der Waals surface area contributed by atoms with Gasteiger partial charge in [0.25, 0.3) is 0 Å². The molecular weight excluding hydrogens is 304 g/mol. The zero-order valence-corrected chi connectivity index (χ0v) is 14.4. The summed E-state index contributed by atoms with van der Waals surface area (Å²) in [6, 6.07) is 0.260. The Morgan fingerprint density at radius 3 is 2.83 bits per heavy atom. The first kappa shape index (κ1) is 15.7. The van der Waals surface area contributed by atoms with E-state index in [9.17, 15) is 9.59 Å². The number of likely N-dealkylation sites (tertiary alicyclic amines) is 2. The van der Waals surface area contributed by atoms with Crippen molar-refractivity contribution in [3.8, 4) is 0 Å². The number of aryl methyl sites for hydroxylation is 1. The van der Waals surface area contributed by atoms with Crippen LogP contribution in [-0.2, 0) is 9.59 Å². The molecule has 6 heteroatoms. The Labute approximate surface area is 142 Å². The molecule has 0 bridgehead atoms. The second-order valence-electron chi connectivity index (χ2n) is 7.72. The monoisotopic (exact) mass is 330 g/mol. The van der Waals surface area contributed by atoms with Gasteiger partial charge in [-0.05, 0) is 44.1 Å². The van der Waals surface area contributed by atoms with E-state index in [2.05, 4.69) is 11.3 Å². The molecule has 2 atom stereocenters. The molecule has 130 valence electrons. The lowest BCUT2D eigenvalue weighted by Gasteiger charge is -2.34. The first-order valence-corrected chi connectivity index (χ1v) is 9.17. The zero-order valence-electron chi connectivity index (χ0n) is 14.4. The molecule has 0 radical (unpaired) electrons. The summed E-state index contributed by atoms with van der Waals surface area (Å²) in [4.78, 5) is 28.9. The molecule has 2 saturated heterocycles. The van der Waals surface area contributed by atoms with E-state index >= 15 is 0 Å². The largest absolute Gasteiger partial charge is 0.342 e. The van der Waals surface area contributed by atoms with E-state index in [4.69, 9.17) is 0 Å².